The maximum Gasteiger partial charge on any atom is 0.335 e. The van der Waals surface area contributed by atoms with E-state index in [1.807, 2.05) is 24.3 Å². The molecule has 0 heterocycles. The summed E-state index contributed by atoms with van der Waals surface area (Å²) in [4.78, 5) is 43.0. The molecule has 0 aromatic heterocycles. The summed E-state index contributed by atoms with van der Waals surface area (Å²) in [5, 5.41) is 35.3. The van der Waals surface area contributed by atoms with Crippen molar-refractivity contribution in [3.05, 3.63) is 130 Å². The molecule has 0 unspecified atom stereocenters. The van der Waals surface area contributed by atoms with Crippen molar-refractivity contribution in [2.75, 3.05) is 27.4 Å². The zero-order chi connectivity index (χ0) is 39.7. The van der Waals surface area contributed by atoms with E-state index in [0.29, 0.717) is 24.3 Å². The summed E-state index contributed by atoms with van der Waals surface area (Å²) in [6, 6.07) is 27.3. The van der Waals surface area contributed by atoms with Gasteiger partial charge in [-0.05, 0) is 83.6 Å². The van der Waals surface area contributed by atoms with Crippen molar-refractivity contribution >= 4 is 38.9 Å². The molecule has 0 aliphatic rings. The smallest absolute Gasteiger partial charge is 0.335 e. The molecule has 0 bridgehead atoms. The van der Waals surface area contributed by atoms with Crippen LogP contribution in [0.2, 0.25) is 0 Å². The van der Waals surface area contributed by atoms with Gasteiger partial charge < -0.3 is 38.5 Å². The van der Waals surface area contributed by atoms with Gasteiger partial charge in [0.15, 0.2) is 0 Å². The first-order chi connectivity index (χ1) is 25.6. The summed E-state index contributed by atoms with van der Waals surface area (Å²) < 4.78 is 32.1. The number of aliphatic carboxylic acids is 2. The molecule has 16 heteroatoms. The minimum absolute atomic E-state index is 0. The highest BCUT2D eigenvalue weighted by molar-refractivity contribution is 7.56. The van der Waals surface area contributed by atoms with Crippen molar-refractivity contribution in [1.29, 1.82) is 0 Å². The van der Waals surface area contributed by atoms with Gasteiger partial charge in [0.25, 0.3) is 0 Å². The molecule has 4 aromatic carbocycles. The van der Waals surface area contributed by atoms with Gasteiger partial charge in [-0.15, -0.1) is 0 Å². The molecule has 0 aliphatic heterocycles. The van der Waals surface area contributed by atoms with Crippen molar-refractivity contribution in [1.82, 2.24) is 0 Å². The molecule has 0 aliphatic carbocycles. The Morgan fingerprint density at radius 1 is 0.483 bits per heavy atom. The first kappa shape index (κ1) is 54.8. The van der Waals surface area contributed by atoms with Crippen molar-refractivity contribution in [2.45, 2.75) is 68.6 Å². The van der Waals surface area contributed by atoms with Crippen LogP contribution >= 0.6 is 15.0 Å². The molecule has 0 spiro atoms. The van der Waals surface area contributed by atoms with Gasteiger partial charge in [0.2, 0.25) is 7.51 Å². The molecular formula is C42H60N2O12P2. The molecule has 4 aromatic rings. The summed E-state index contributed by atoms with van der Waals surface area (Å²) in [6.45, 7) is 4.08. The van der Waals surface area contributed by atoms with Crippen LogP contribution in [-0.2, 0) is 44.7 Å². The highest BCUT2D eigenvalue weighted by atomic mass is 31.2. The molecule has 58 heavy (non-hydrogen) atoms. The lowest BCUT2D eigenvalue weighted by atomic mass is 10.1. The van der Waals surface area contributed by atoms with Crippen LogP contribution in [-0.4, -0.2) is 71.7 Å². The van der Waals surface area contributed by atoms with E-state index in [1.54, 1.807) is 76.0 Å². The Hall–Kier alpha value is -5.26. The average molecular weight is 847 g/mol. The number of aryl methyl sites for hydroxylation is 2. The predicted molar refractivity (Wildman–Crippen MR) is 232 cm³/mol. The molecular weight excluding hydrogens is 786 g/mol. The third-order valence-corrected chi connectivity index (χ3v) is 11.5. The summed E-state index contributed by atoms with van der Waals surface area (Å²) in [5.41, 5.74) is 3.90. The Balaban J connectivity index is 0. The Kier molecular flexibility index (Phi) is 25.2. The number of hydrogen-bond acceptors (Lipinski definition) is 10. The van der Waals surface area contributed by atoms with Gasteiger partial charge in [-0.3, -0.25) is 14.3 Å². The SMILES string of the molecule is C.C.C.C.CN=P(C)(OCc1ccc(C(=O)O)cc1)OCc1ccc(C(=O)O)cc1.CN=P(C)(Oc1ccc(CCC(=O)O)cc1)Oc1ccc(CCC(=O)O)cc1. The zero-order valence-corrected chi connectivity index (χ0v) is 32.1. The van der Waals surface area contributed by atoms with Gasteiger partial charge in [-0.1, -0.05) is 78.2 Å². The van der Waals surface area contributed by atoms with Crippen LogP contribution in [0.1, 0.15) is 85.5 Å². The van der Waals surface area contributed by atoms with Crippen LogP contribution in [0.5, 0.6) is 11.5 Å². The Morgan fingerprint density at radius 2 is 0.776 bits per heavy atom. The standard InChI is InChI=1S/C20H24NO6P.C18H20NO6P.4CH4/c1-21-28(2,26-17-9-3-15(4-10-17)7-13-19(22)23)27-18-11-5-16(6-12-18)8-14-20(24)25;1-19-26(2,24-11-13-3-7-15(8-4-13)17(20)21)25-12-14-5-9-16(10-6-14)18(22)23;;;;/h3-6,9-12H,7-8,13-14H2,1-2H3,(H,22,23)(H,24,25);3-10H,11-12H2,1-2H3,(H,20,21)(H,22,23);4*1H4. The molecule has 320 valence electrons. The van der Waals surface area contributed by atoms with E-state index in [-0.39, 0.29) is 66.9 Å². The number of carboxylic acids is 4. The molecule has 0 radical (unpaired) electrons. The number of carbonyl (C=O) groups is 4. The predicted octanol–water partition coefficient (Wildman–Crippen LogP) is 11.1. The molecule has 4 rings (SSSR count). The lowest BCUT2D eigenvalue weighted by Gasteiger charge is -2.21. The largest absolute Gasteiger partial charge is 0.481 e. The number of aromatic carboxylic acids is 2. The van der Waals surface area contributed by atoms with Crippen LogP contribution in [0, 0.1) is 0 Å². The van der Waals surface area contributed by atoms with Gasteiger partial charge in [0.1, 0.15) is 11.5 Å². The molecule has 0 amide bonds. The van der Waals surface area contributed by atoms with Gasteiger partial charge in [0, 0.05) is 40.3 Å². The highest BCUT2D eigenvalue weighted by Crippen LogP contribution is 2.49. The van der Waals surface area contributed by atoms with Crippen LogP contribution in [0.3, 0.4) is 0 Å². The quantitative estimate of drug-likeness (QED) is 0.0689. The van der Waals surface area contributed by atoms with Crippen LogP contribution in [0.25, 0.3) is 0 Å². The summed E-state index contributed by atoms with van der Waals surface area (Å²) in [7, 11) is -1.75. The minimum atomic E-state index is -2.55. The Labute approximate surface area is 343 Å². The van der Waals surface area contributed by atoms with E-state index in [2.05, 4.69) is 9.49 Å². The van der Waals surface area contributed by atoms with Crippen LogP contribution in [0.15, 0.2) is 107 Å². The second kappa shape index (κ2) is 26.6. The monoisotopic (exact) mass is 846 g/mol. The van der Waals surface area contributed by atoms with Crippen molar-refractivity contribution < 1.29 is 57.7 Å². The maximum atomic E-state index is 10.9. The molecule has 4 N–H and O–H groups in total. The Morgan fingerprint density at radius 3 is 1.03 bits per heavy atom. The fraction of sp³-hybridized carbons (Fsp3) is 0.333. The fourth-order valence-electron chi connectivity index (χ4n) is 4.46. The van der Waals surface area contributed by atoms with Gasteiger partial charge in [-0.2, -0.15) is 0 Å². The Bertz CT molecular complexity index is 1850. The maximum absolute atomic E-state index is 10.9. The summed E-state index contributed by atoms with van der Waals surface area (Å²) >= 11 is 0. The van der Waals surface area contributed by atoms with Crippen molar-refractivity contribution in [2.24, 2.45) is 9.49 Å². The molecule has 0 saturated carbocycles. The van der Waals surface area contributed by atoms with E-state index in [4.69, 9.17) is 38.5 Å². The van der Waals surface area contributed by atoms with Crippen molar-refractivity contribution in [3.63, 3.8) is 0 Å². The van der Waals surface area contributed by atoms with E-state index in [0.717, 1.165) is 22.3 Å². The van der Waals surface area contributed by atoms with Crippen molar-refractivity contribution in [3.8, 4) is 11.5 Å². The topological polar surface area (TPSA) is 211 Å². The van der Waals surface area contributed by atoms with Gasteiger partial charge in [-0.25, -0.2) is 14.3 Å². The van der Waals surface area contributed by atoms with Gasteiger partial charge in [0.05, 0.1) is 24.3 Å². The lowest BCUT2D eigenvalue weighted by molar-refractivity contribution is -0.138. The number of benzene rings is 4. The molecule has 0 saturated heterocycles. The summed E-state index contributed by atoms with van der Waals surface area (Å²) in [6.07, 6.45) is 1.09. The fourth-order valence-corrected chi connectivity index (χ4v) is 6.77. The first-order valence-corrected chi connectivity index (χ1v) is 20.6. The second-order valence-corrected chi connectivity index (χ2v) is 16.7. The molecule has 14 nitrogen and oxygen atoms in total. The second-order valence-electron chi connectivity index (χ2n) is 11.8. The average Bonchev–Trinajstić information content (AvgIpc) is 3.16. The number of nitrogens with zero attached hydrogens (tertiary/aromatic N) is 2. The van der Waals surface area contributed by atoms with Crippen LogP contribution in [0.4, 0.5) is 0 Å². The summed E-state index contributed by atoms with van der Waals surface area (Å²) in [5.74, 6) is -2.42. The van der Waals surface area contributed by atoms with E-state index < -0.39 is 38.9 Å². The highest BCUT2D eigenvalue weighted by Gasteiger charge is 2.18. The third kappa shape index (κ3) is 19.3. The lowest BCUT2D eigenvalue weighted by Crippen LogP contribution is -2.01. The van der Waals surface area contributed by atoms with E-state index in [1.165, 1.54) is 24.3 Å². The molecule has 0 fully saturated rings. The van der Waals surface area contributed by atoms with Gasteiger partial charge >= 0.3 is 31.4 Å². The minimum Gasteiger partial charge on any atom is -0.481 e. The van der Waals surface area contributed by atoms with E-state index in [9.17, 15) is 19.2 Å². The van der Waals surface area contributed by atoms with E-state index >= 15 is 0 Å². The first-order valence-electron chi connectivity index (χ1n) is 16.5. The number of carboxylic acid groups (broad SMARTS) is 4. The number of hydrogen-bond donors (Lipinski definition) is 4. The normalized spacial score (nSPS) is 10.3. The number of rotatable bonds is 18. The van der Waals surface area contributed by atoms with Crippen LogP contribution < -0.4 is 9.05 Å². The third-order valence-electron chi connectivity index (χ3n) is 7.72. The molecule has 0 atom stereocenters. The zero-order valence-electron chi connectivity index (χ0n) is 30.3.